The lowest BCUT2D eigenvalue weighted by molar-refractivity contribution is 0.164. The Kier molecular flexibility index (Phi) is 8.12. The largest absolute Gasteiger partial charge is 0.444 e. The molecule has 0 amide bonds. The number of nitrogens with zero attached hydrogens (tertiary/aromatic N) is 4. The van der Waals surface area contributed by atoms with Crippen LogP contribution in [0.15, 0.2) is 22.1 Å². The van der Waals surface area contributed by atoms with Crippen LogP contribution in [-0.4, -0.2) is 73.1 Å². The van der Waals surface area contributed by atoms with Crippen LogP contribution in [0.4, 0.5) is 0 Å². The van der Waals surface area contributed by atoms with E-state index in [1.165, 1.54) is 12.8 Å². The first-order valence-electron chi connectivity index (χ1n) is 11.0. The van der Waals surface area contributed by atoms with E-state index in [2.05, 4.69) is 37.0 Å². The second-order valence-electron chi connectivity index (χ2n) is 8.43. The van der Waals surface area contributed by atoms with Crippen LogP contribution in [0.2, 0.25) is 0 Å². The summed E-state index contributed by atoms with van der Waals surface area (Å²) in [5, 5.41) is 7.17. The lowest BCUT2D eigenvalue weighted by Crippen LogP contribution is -2.49. The molecule has 1 aromatic rings. The maximum absolute atomic E-state index is 5.73. The molecule has 1 aromatic heterocycles. The molecule has 2 N–H and O–H groups in total. The molecule has 7 heteroatoms. The van der Waals surface area contributed by atoms with E-state index in [0.29, 0.717) is 12.0 Å². The van der Waals surface area contributed by atoms with Crippen LogP contribution in [-0.2, 0) is 6.54 Å². The smallest absolute Gasteiger partial charge is 0.208 e. The fourth-order valence-electron chi connectivity index (χ4n) is 4.22. The molecule has 0 aliphatic carbocycles. The topological polar surface area (TPSA) is 68.9 Å². The third kappa shape index (κ3) is 6.57. The first kappa shape index (κ1) is 21.8. The predicted octanol–water partition coefficient (Wildman–Crippen LogP) is 2.32. The molecule has 0 atom stereocenters. The number of piperidine rings is 2. The summed E-state index contributed by atoms with van der Waals surface area (Å²) in [5.74, 6) is 3.41. The molecular weight excluding hydrogens is 364 g/mol. The fourth-order valence-corrected chi connectivity index (χ4v) is 4.22. The van der Waals surface area contributed by atoms with Gasteiger partial charge in [-0.3, -0.25) is 14.8 Å². The summed E-state index contributed by atoms with van der Waals surface area (Å²) < 4.78 is 5.73. The van der Waals surface area contributed by atoms with E-state index in [0.717, 1.165) is 82.0 Å². The van der Waals surface area contributed by atoms with Crippen molar-refractivity contribution in [1.82, 2.24) is 25.4 Å². The van der Waals surface area contributed by atoms with Gasteiger partial charge < -0.3 is 15.1 Å². The molecule has 3 heterocycles. The third-order valence-corrected chi connectivity index (χ3v) is 6.24. The zero-order valence-electron chi connectivity index (χ0n) is 18.4. The normalized spacial score (nSPS) is 20.7. The van der Waals surface area contributed by atoms with Gasteiger partial charge in [-0.05, 0) is 58.5 Å². The Balaban J connectivity index is 1.34. The van der Waals surface area contributed by atoms with Crippen molar-refractivity contribution in [2.75, 3.05) is 46.3 Å². The van der Waals surface area contributed by atoms with E-state index < -0.39 is 0 Å². The van der Waals surface area contributed by atoms with Crippen molar-refractivity contribution in [2.24, 2.45) is 10.9 Å². The van der Waals surface area contributed by atoms with Gasteiger partial charge in [0.1, 0.15) is 5.76 Å². The van der Waals surface area contributed by atoms with Crippen LogP contribution < -0.4 is 10.6 Å². The summed E-state index contributed by atoms with van der Waals surface area (Å²) in [6.45, 7) is 15.1. The van der Waals surface area contributed by atoms with Gasteiger partial charge in [0.25, 0.3) is 0 Å². The zero-order chi connectivity index (χ0) is 20.6. The Morgan fingerprint density at radius 2 is 1.86 bits per heavy atom. The lowest BCUT2D eigenvalue weighted by Gasteiger charge is -2.33. The Morgan fingerprint density at radius 1 is 1.17 bits per heavy atom. The molecule has 0 radical (unpaired) electrons. The Bertz CT molecular complexity index is 649. The van der Waals surface area contributed by atoms with Crippen LogP contribution in [0.3, 0.4) is 0 Å². The van der Waals surface area contributed by atoms with Gasteiger partial charge in [-0.15, -0.1) is 6.58 Å². The Hall–Kier alpha value is -1.86. The molecule has 29 heavy (non-hydrogen) atoms. The number of rotatable bonds is 7. The number of aromatic nitrogens is 1. The molecule has 0 aromatic carbocycles. The molecule has 0 saturated carbocycles. The number of nitrogens with one attached hydrogen (secondary N) is 2. The number of aliphatic imine (C=N–C) groups is 1. The van der Waals surface area contributed by atoms with E-state index in [9.17, 15) is 0 Å². The SMILES string of the molecule is C=CCN1CCC(NC(=NC)NCC2CCN(Cc3nc(C)c(C)o3)CC2)CC1. The highest BCUT2D eigenvalue weighted by Crippen LogP contribution is 2.19. The third-order valence-electron chi connectivity index (χ3n) is 6.24. The van der Waals surface area contributed by atoms with E-state index in [4.69, 9.17) is 4.42 Å². The van der Waals surface area contributed by atoms with Crippen molar-refractivity contribution in [3.05, 3.63) is 30.0 Å². The number of oxazole rings is 1. The molecular formula is C22H38N6O. The zero-order valence-corrected chi connectivity index (χ0v) is 18.4. The van der Waals surface area contributed by atoms with Crippen molar-refractivity contribution >= 4 is 5.96 Å². The maximum Gasteiger partial charge on any atom is 0.208 e. The van der Waals surface area contributed by atoms with Crippen LogP contribution in [0, 0.1) is 19.8 Å². The van der Waals surface area contributed by atoms with Gasteiger partial charge in [0.05, 0.1) is 12.2 Å². The van der Waals surface area contributed by atoms with Gasteiger partial charge in [0, 0.05) is 39.3 Å². The molecule has 2 saturated heterocycles. The summed E-state index contributed by atoms with van der Waals surface area (Å²) in [4.78, 5) is 13.9. The van der Waals surface area contributed by atoms with E-state index in [1.807, 2.05) is 27.0 Å². The summed E-state index contributed by atoms with van der Waals surface area (Å²) in [6, 6.07) is 0.511. The number of guanidine groups is 1. The standard InChI is InChI=1S/C22H38N6O/c1-5-10-27-13-8-20(9-14-27)26-22(23-4)24-15-19-6-11-28(12-7-19)16-21-25-17(2)18(3)29-21/h5,19-20H,1,6-16H2,2-4H3,(H2,23,24,26). The number of hydrogen-bond donors (Lipinski definition) is 2. The van der Waals surface area contributed by atoms with E-state index in [1.54, 1.807) is 0 Å². The summed E-state index contributed by atoms with van der Waals surface area (Å²) in [7, 11) is 1.87. The highest BCUT2D eigenvalue weighted by Gasteiger charge is 2.22. The van der Waals surface area contributed by atoms with Gasteiger partial charge in [0.15, 0.2) is 5.96 Å². The van der Waals surface area contributed by atoms with Crippen molar-refractivity contribution in [3.8, 4) is 0 Å². The molecule has 0 unspecified atom stereocenters. The van der Waals surface area contributed by atoms with Crippen molar-refractivity contribution in [1.29, 1.82) is 0 Å². The minimum absolute atomic E-state index is 0.511. The molecule has 2 fully saturated rings. The molecule has 3 rings (SSSR count). The fraction of sp³-hybridized carbons (Fsp3) is 0.727. The molecule has 162 valence electrons. The van der Waals surface area contributed by atoms with Crippen molar-refractivity contribution < 1.29 is 4.42 Å². The van der Waals surface area contributed by atoms with Crippen molar-refractivity contribution in [2.45, 2.75) is 52.1 Å². The van der Waals surface area contributed by atoms with E-state index >= 15 is 0 Å². The van der Waals surface area contributed by atoms with Crippen LogP contribution in [0.5, 0.6) is 0 Å². The maximum atomic E-state index is 5.73. The van der Waals surface area contributed by atoms with Gasteiger partial charge in [-0.25, -0.2) is 4.98 Å². The first-order valence-corrected chi connectivity index (χ1v) is 11.0. The summed E-state index contributed by atoms with van der Waals surface area (Å²) in [6.07, 6.45) is 6.71. The second kappa shape index (κ2) is 10.8. The highest BCUT2D eigenvalue weighted by molar-refractivity contribution is 5.79. The summed E-state index contributed by atoms with van der Waals surface area (Å²) in [5.41, 5.74) is 1.00. The van der Waals surface area contributed by atoms with Crippen molar-refractivity contribution in [3.63, 3.8) is 0 Å². The van der Waals surface area contributed by atoms with Gasteiger partial charge >= 0.3 is 0 Å². The monoisotopic (exact) mass is 402 g/mol. The Labute approximate surface area is 175 Å². The number of aryl methyl sites for hydroxylation is 2. The van der Waals surface area contributed by atoms with Crippen LogP contribution in [0.1, 0.15) is 43.0 Å². The summed E-state index contributed by atoms with van der Waals surface area (Å²) >= 11 is 0. The first-order chi connectivity index (χ1) is 14.1. The van der Waals surface area contributed by atoms with Crippen LogP contribution >= 0.6 is 0 Å². The Morgan fingerprint density at radius 3 is 2.45 bits per heavy atom. The molecule has 7 nitrogen and oxygen atoms in total. The van der Waals surface area contributed by atoms with Gasteiger partial charge in [-0.1, -0.05) is 6.08 Å². The lowest BCUT2D eigenvalue weighted by atomic mass is 9.97. The minimum atomic E-state index is 0.511. The molecule has 0 bridgehead atoms. The van der Waals surface area contributed by atoms with Gasteiger partial charge in [0.2, 0.25) is 5.89 Å². The molecule has 2 aliphatic heterocycles. The molecule has 0 spiro atoms. The average molecular weight is 403 g/mol. The minimum Gasteiger partial charge on any atom is -0.444 e. The second-order valence-corrected chi connectivity index (χ2v) is 8.43. The molecule has 2 aliphatic rings. The highest BCUT2D eigenvalue weighted by atomic mass is 16.4. The average Bonchev–Trinajstić information content (AvgIpc) is 3.04. The van der Waals surface area contributed by atoms with E-state index in [-0.39, 0.29) is 0 Å². The van der Waals surface area contributed by atoms with Crippen LogP contribution in [0.25, 0.3) is 0 Å². The number of hydrogen-bond acceptors (Lipinski definition) is 5. The quantitative estimate of drug-likeness (QED) is 0.414. The predicted molar refractivity (Wildman–Crippen MR) is 118 cm³/mol. The number of likely N-dealkylation sites (tertiary alicyclic amines) is 2. The van der Waals surface area contributed by atoms with Gasteiger partial charge in [-0.2, -0.15) is 0 Å².